The molecule has 1 rings (SSSR count). The van der Waals surface area contributed by atoms with Crippen LogP contribution in [0.4, 0.5) is 0 Å². The molecule has 0 bridgehead atoms. The van der Waals surface area contributed by atoms with Gasteiger partial charge in [0.2, 0.25) is 5.91 Å². The average molecular weight is 197 g/mol. The number of primary amides is 1. The van der Waals surface area contributed by atoms with Crippen molar-refractivity contribution in [2.45, 2.75) is 19.9 Å². The van der Waals surface area contributed by atoms with E-state index in [4.69, 9.17) is 5.73 Å². The van der Waals surface area contributed by atoms with Gasteiger partial charge < -0.3 is 11.1 Å². The van der Waals surface area contributed by atoms with Crippen molar-refractivity contribution in [2.24, 2.45) is 5.73 Å². The van der Waals surface area contributed by atoms with Gasteiger partial charge >= 0.3 is 0 Å². The molecule has 80 valence electrons. The molecular formula is C10H19N3O. The Morgan fingerprint density at radius 2 is 2.36 bits per heavy atom. The maximum Gasteiger partial charge on any atom is 0.236 e. The predicted octanol–water partition coefficient (Wildman–Crippen LogP) is -0.288. The van der Waals surface area contributed by atoms with Crippen LogP contribution in [-0.2, 0) is 4.79 Å². The number of rotatable bonds is 3. The summed E-state index contributed by atoms with van der Waals surface area (Å²) in [6.07, 6.45) is 2.13. The second kappa shape index (κ2) is 5.12. The van der Waals surface area contributed by atoms with Crippen molar-refractivity contribution in [3.8, 4) is 0 Å². The molecule has 1 aliphatic heterocycles. The van der Waals surface area contributed by atoms with Crippen LogP contribution in [0.25, 0.3) is 0 Å². The highest BCUT2D eigenvalue weighted by atomic mass is 16.1. The molecule has 14 heavy (non-hydrogen) atoms. The second-order valence-corrected chi connectivity index (χ2v) is 3.90. The van der Waals surface area contributed by atoms with E-state index in [9.17, 15) is 4.79 Å². The summed E-state index contributed by atoms with van der Waals surface area (Å²) in [5.41, 5.74) is 6.59. The Balaban J connectivity index is 2.54. The second-order valence-electron chi connectivity index (χ2n) is 3.90. The lowest BCUT2D eigenvalue weighted by Crippen LogP contribution is -2.56. The van der Waals surface area contributed by atoms with Crippen LogP contribution >= 0.6 is 0 Å². The van der Waals surface area contributed by atoms with Crippen LogP contribution in [0.1, 0.15) is 13.8 Å². The zero-order valence-electron chi connectivity index (χ0n) is 8.92. The summed E-state index contributed by atoms with van der Waals surface area (Å²) in [5.74, 6) is -0.237. The van der Waals surface area contributed by atoms with Gasteiger partial charge in [0.05, 0.1) is 0 Å². The van der Waals surface area contributed by atoms with E-state index in [1.165, 1.54) is 5.57 Å². The summed E-state index contributed by atoms with van der Waals surface area (Å²) >= 11 is 0. The Kier molecular flexibility index (Phi) is 4.10. The number of hydrogen-bond acceptors (Lipinski definition) is 3. The molecule has 0 aromatic carbocycles. The summed E-state index contributed by atoms with van der Waals surface area (Å²) in [6, 6.07) is -0.153. The molecule has 1 fully saturated rings. The highest BCUT2D eigenvalue weighted by Crippen LogP contribution is 2.03. The predicted molar refractivity (Wildman–Crippen MR) is 56.9 cm³/mol. The van der Waals surface area contributed by atoms with E-state index in [-0.39, 0.29) is 11.9 Å². The lowest BCUT2D eigenvalue weighted by molar-refractivity contribution is -0.123. The van der Waals surface area contributed by atoms with Gasteiger partial charge in [-0.25, -0.2) is 0 Å². The molecule has 0 aromatic rings. The van der Waals surface area contributed by atoms with Gasteiger partial charge in [0, 0.05) is 26.2 Å². The minimum atomic E-state index is -0.237. The highest BCUT2D eigenvalue weighted by molar-refractivity contribution is 5.80. The summed E-state index contributed by atoms with van der Waals surface area (Å²) in [5, 5.41) is 3.17. The van der Waals surface area contributed by atoms with Crippen LogP contribution in [0.3, 0.4) is 0 Å². The molecule has 1 heterocycles. The van der Waals surface area contributed by atoms with Crippen molar-refractivity contribution in [3.63, 3.8) is 0 Å². The van der Waals surface area contributed by atoms with E-state index in [0.717, 1.165) is 19.6 Å². The number of carbonyl (C=O) groups is 1. The Morgan fingerprint density at radius 1 is 1.64 bits per heavy atom. The lowest BCUT2D eigenvalue weighted by Gasteiger charge is -2.33. The summed E-state index contributed by atoms with van der Waals surface area (Å²) in [7, 11) is 0. The molecule has 1 amide bonds. The normalized spacial score (nSPS) is 23.1. The van der Waals surface area contributed by atoms with Crippen molar-refractivity contribution in [1.29, 1.82) is 0 Å². The van der Waals surface area contributed by atoms with E-state index in [1.807, 2.05) is 0 Å². The van der Waals surface area contributed by atoms with E-state index in [0.29, 0.717) is 6.54 Å². The van der Waals surface area contributed by atoms with E-state index in [1.54, 1.807) is 0 Å². The Bertz CT molecular complexity index is 234. The SMILES string of the molecule is CC(C)=CCN1CCNCC1C(N)=O. The van der Waals surface area contributed by atoms with Crippen LogP contribution in [0.5, 0.6) is 0 Å². The molecule has 0 aliphatic carbocycles. The van der Waals surface area contributed by atoms with Crippen LogP contribution in [0, 0.1) is 0 Å². The number of amides is 1. The number of carbonyl (C=O) groups excluding carboxylic acids is 1. The van der Waals surface area contributed by atoms with E-state index < -0.39 is 0 Å². The van der Waals surface area contributed by atoms with Gasteiger partial charge in [0.15, 0.2) is 0 Å². The third-order valence-corrected chi connectivity index (χ3v) is 2.42. The van der Waals surface area contributed by atoms with Crippen molar-refractivity contribution >= 4 is 5.91 Å². The third kappa shape index (κ3) is 3.12. The Hall–Kier alpha value is -0.870. The number of nitrogens with zero attached hydrogens (tertiary/aromatic N) is 1. The highest BCUT2D eigenvalue weighted by Gasteiger charge is 2.25. The maximum absolute atomic E-state index is 11.1. The molecule has 1 saturated heterocycles. The molecule has 0 spiro atoms. The zero-order chi connectivity index (χ0) is 10.6. The van der Waals surface area contributed by atoms with Crippen LogP contribution in [-0.4, -0.2) is 43.0 Å². The monoisotopic (exact) mass is 197 g/mol. The number of nitrogens with one attached hydrogen (secondary N) is 1. The summed E-state index contributed by atoms with van der Waals surface area (Å²) in [6.45, 7) is 7.42. The van der Waals surface area contributed by atoms with Crippen molar-refractivity contribution in [2.75, 3.05) is 26.2 Å². The lowest BCUT2D eigenvalue weighted by atomic mass is 10.1. The number of allylic oxidation sites excluding steroid dienone is 1. The fourth-order valence-corrected chi connectivity index (χ4v) is 1.55. The van der Waals surface area contributed by atoms with E-state index in [2.05, 4.69) is 30.1 Å². The molecule has 0 saturated carbocycles. The molecule has 1 unspecified atom stereocenters. The largest absolute Gasteiger partial charge is 0.368 e. The molecule has 4 heteroatoms. The maximum atomic E-state index is 11.1. The first-order valence-corrected chi connectivity index (χ1v) is 4.98. The van der Waals surface area contributed by atoms with Crippen LogP contribution in [0.2, 0.25) is 0 Å². The number of piperazine rings is 1. The van der Waals surface area contributed by atoms with Crippen molar-refractivity contribution in [1.82, 2.24) is 10.2 Å². The fourth-order valence-electron chi connectivity index (χ4n) is 1.55. The van der Waals surface area contributed by atoms with Crippen molar-refractivity contribution in [3.05, 3.63) is 11.6 Å². The molecule has 1 aliphatic rings. The number of nitrogens with two attached hydrogens (primary N) is 1. The molecule has 0 radical (unpaired) electrons. The van der Waals surface area contributed by atoms with E-state index >= 15 is 0 Å². The molecule has 3 N–H and O–H groups in total. The average Bonchev–Trinajstić information content (AvgIpc) is 2.15. The van der Waals surface area contributed by atoms with Gasteiger partial charge in [-0.2, -0.15) is 0 Å². The van der Waals surface area contributed by atoms with Gasteiger partial charge in [-0.15, -0.1) is 0 Å². The van der Waals surface area contributed by atoms with Crippen LogP contribution in [0.15, 0.2) is 11.6 Å². The van der Waals surface area contributed by atoms with Crippen LogP contribution < -0.4 is 11.1 Å². The summed E-state index contributed by atoms with van der Waals surface area (Å²) in [4.78, 5) is 13.2. The molecule has 4 nitrogen and oxygen atoms in total. The first kappa shape index (κ1) is 11.2. The van der Waals surface area contributed by atoms with Crippen molar-refractivity contribution < 1.29 is 4.79 Å². The zero-order valence-corrected chi connectivity index (χ0v) is 8.92. The number of hydrogen-bond donors (Lipinski definition) is 2. The minimum Gasteiger partial charge on any atom is -0.368 e. The standard InChI is InChI=1S/C10H19N3O/c1-8(2)3-5-13-6-4-12-7-9(13)10(11)14/h3,9,12H,4-7H2,1-2H3,(H2,11,14). The molecule has 1 atom stereocenters. The first-order chi connectivity index (χ1) is 6.61. The quantitative estimate of drug-likeness (QED) is 0.611. The summed E-state index contributed by atoms with van der Waals surface area (Å²) < 4.78 is 0. The van der Waals surface area contributed by atoms with Gasteiger partial charge in [-0.3, -0.25) is 9.69 Å². The fraction of sp³-hybridized carbons (Fsp3) is 0.700. The Labute approximate surface area is 85.1 Å². The Morgan fingerprint density at radius 3 is 2.93 bits per heavy atom. The minimum absolute atomic E-state index is 0.153. The third-order valence-electron chi connectivity index (χ3n) is 2.42. The van der Waals surface area contributed by atoms with Gasteiger partial charge in [-0.1, -0.05) is 11.6 Å². The topological polar surface area (TPSA) is 58.4 Å². The molecular weight excluding hydrogens is 178 g/mol. The smallest absolute Gasteiger partial charge is 0.236 e. The van der Waals surface area contributed by atoms with Gasteiger partial charge in [-0.05, 0) is 13.8 Å². The first-order valence-electron chi connectivity index (χ1n) is 4.98. The van der Waals surface area contributed by atoms with Gasteiger partial charge in [0.1, 0.15) is 6.04 Å². The van der Waals surface area contributed by atoms with Gasteiger partial charge in [0.25, 0.3) is 0 Å². The molecule has 0 aromatic heterocycles.